The number of nitrogens with zero attached hydrogens (tertiary/aromatic N) is 2. The van der Waals surface area contributed by atoms with Crippen LogP contribution in [0.15, 0.2) is 35.1 Å². The average Bonchev–Trinajstić information content (AvgIpc) is 3.11. The maximum absolute atomic E-state index is 12.5. The highest BCUT2D eigenvalue weighted by molar-refractivity contribution is 7.16. The number of fused-ring (bicyclic) bond motifs is 1. The molecule has 2 N–H and O–H groups in total. The molecule has 0 aliphatic rings. The van der Waals surface area contributed by atoms with Crippen LogP contribution in [-0.2, 0) is 22.5 Å². The monoisotopic (exact) mass is 428 g/mol. The first kappa shape index (κ1) is 21.7. The summed E-state index contributed by atoms with van der Waals surface area (Å²) >= 11 is 1.37. The summed E-state index contributed by atoms with van der Waals surface area (Å²) in [7, 11) is 1.76. The Morgan fingerprint density at radius 1 is 1.27 bits per heavy atom. The molecule has 1 amide bonds. The lowest BCUT2D eigenvalue weighted by Gasteiger charge is -2.16. The first-order valence-electron chi connectivity index (χ1n) is 9.67. The van der Waals surface area contributed by atoms with Gasteiger partial charge in [-0.15, -0.1) is 11.3 Å². The number of para-hydroxylation sites is 1. The Labute approximate surface area is 177 Å². The largest absolute Gasteiger partial charge is 0.462 e. The van der Waals surface area contributed by atoms with Gasteiger partial charge in [-0.25, -0.2) is 9.78 Å². The molecule has 0 unspecified atom stereocenters. The van der Waals surface area contributed by atoms with Crippen LogP contribution < -0.4 is 10.9 Å². The lowest BCUT2D eigenvalue weighted by atomic mass is 10.2. The van der Waals surface area contributed by atoms with Gasteiger partial charge in [0.1, 0.15) is 10.8 Å². The van der Waals surface area contributed by atoms with Gasteiger partial charge in [-0.2, -0.15) is 0 Å². The van der Waals surface area contributed by atoms with Crippen molar-refractivity contribution in [2.24, 2.45) is 0 Å². The van der Waals surface area contributed by atoms with Crippen molar-refractivity contribution < 1.29 is 14.3 Å². The molecule has 0 saturated heterocycles. The Balaban J connectivity index is 1.67. The molecular weight excluding hydrogens is 404 g/mol. The van der Waals surface area contributed by atoms with E-state index in [-0.39, 0.29) is 24.6 Å². The highest BCUT2D eigenvalue weighted by atomic mass is 32.1. The summed E-state index contributed by atoms with van der Waals surface area (Å²) < 4.78 is 5.08. The molecule has 0 radical (unpaired) electrons. The zero-order chi connectivity index (χ0) is 21.7. The second kappa shape index (κ2) is 9.64. The van der Waals surface area contributed by atoms with Crippen LogP contribution in [0.5, 0.6) is 0 Å². The van der Waals surface area contributed by atoms with Crippen molar-refractivity contribution in [3.63, 3.8) is 0 Å². The smallest absolute Gasteiger partial charge is 0.341 e. The molecule has 0 aliphatic carbocycles. The molecule has 1 aromatic carbocycles. The van der Waals surface area contributed by atoms with Gasteiger partial charge in [0.05, 0.1) is 36.2 Å². The number of rotatable bonds is 8. The van der Waals surface area contributed by atoms with Crippen molar-refractivity contribution in [2.45, 2.75) is 26.8 Å². The van der Waals surface area contributed by atoms with E-state index in [1.54, 1.807) is 43.1 Å². The number of H-pyrrole nitrogens is 1. The number of nitrogens with one attached hydrogen (secondary N) is 2. The number of hydrogen-bond acceptors (Lipinski definition) is 7. The van der Waals surface area contributed by atoms with Gasteiger partial charge in [-0.1, -0.05) is 19.1 Å². The quantitative estimate of drug-likeness (QED) is 0.535. The van der Waals surface area contributed by atoms with Gasteiger partial charge in [0, 0.05) is 4.88 Å². The van der Waals surface area contributed by atoms with Crippen LogP contribution in [0.4, 0.5) is 5.00 Å². The average molecular weight is 429 g/mol. The van der Waals surface area contributed by atoms with Crippen LogP contribution >= 0.6 is 11.3 Å². The Morgan fingerprint density at radius 3 is 2.77 bits per heavy atom. The van der Waals surface area contributed by atoms with Crippen LogP contribution in [0.1, 0.15) is 34.9 Å². The molecule has 3 rings (SSSR count). The fourth-order valence-electron chi connectivity index (χ4n) is 3.00. The third-order valence-corrected chi connectivity index (χ3v) is 5.57. The van der Waals surface area contributed by atoms with Crippen molar-refractivity contribution in [1.82, 2.24) is 14.9 Å². The molecule has 0 spiro atoms. The number of carbonyl (C=O) groups is 2. The molecule has 0 atom stereocenters. The Hall–Kier alpha value is -3.04. The molecule has 0 saturated carbocycles. The van der Waals surface area contributed by atoms with E-state index in [2.05, 4.69) is 15.3 Å². The molecule has 158 valence electrons. The third-order valence-electron chi connectivity index (χ3n) is 4.37. The van der Waals surface area contributed by atoms with E-state index in [9.17, 15) is 14.4 Å². The number of thiophene rings is 1. The summed E-state index contributed by atoms with van der Waals surface area (Å²) in [4.78, 5) is 46.8. The van der Waals surface area contributed by atoms with E-state index in [1.165, 1.54) is 11.3 Å². The van der Waals surface area contributed by atoms with E-state index in [1.807, 2.05) is 13.0 Å². The number of likely N-dealkylation sites (N-methyl/N-ethyl adjacent to an activating group) is 1. The zero-order valence-electron chi connectivity index (χ0n) is 17.2. The third kappa shape index (κ3) is 5.11. The molecular formula is C21H24N4O4S. The SMILES string of the molecule is CCOC(=O)c1cc(CC)sc1NC(=O)CN(C)Cc1nc2ccccc2c(=O)[nH]1. The van der Waals surface area contributed by atoms with Gasteiger partial charge in [0.15, 0.2) is 0 Å². The molecule has 0 aliphatic heterocycles. The number of carbonyl (C=O) groups excluding carboxylic acids is 2. The first-order chi connectivity index (χ1) is 14.4. The van der Waals surface area contributed by atoms with E-state index in [0.29, 0.717) is 33.8 Å². The molecule has 9 heteroatoms. The van der Waals surface area contributed by atoms with Crippen molar-refractivity contribution >= 4 is 39.1 Å². The minimum atomic E-state index is -0.449. The van der Waals surface area contributed by atoms with Crippen molar-refractivity contribution in [1.29, 1.82) is 0 Å². The maximum Gasteiger partial charge on any atom is 0.341 e. The number of aromatic amines is 1. The van der Waals surface area contributed by atoms with Crippen LogP contribution in [0.3, 0.4) is 0 Å². The summed E-state index contributed by atoms with van der Waals surface area (Å²) in [6.07, 6.45) is 0.758. The second-order valence-electron chi connectivity index (χ2n) is 6.78. The molecule has 3 aromatic rings. The predicted octanol–water partition coefficient (Wildman–Crippen LogP) is 2.79. The number of anilines is 1. The van der Waals surface area contributed by atoms with E-state index < -0.39 is 5.97 Å². The summed E-state index contributed by atoms with van der Waals surface area (Å²) in [6, 6.07) is 8.86. The number of esters is 1. The number of benzene rings is 1. The second-order valence-corrected chi connectivity index (χ2v) is 7.92. The zero-order valence-corrected chi connectivity index (χ0v) is 18.0. The fourth-order valence-corrected chi connectivity index (χ4v) is 4.00. The van der Waals surface area contributed by atoms with Gasteiger partial charge >= 0.3 is 5.97 Å². The van der Waals surface area contributed by atoms with Gasteiger partial charge in [-0.05, 0) is 38.6 Å². The first-order valence-corrected chi connectivity index (χ1v) is 10.5. The predicted molar refractivity (Wildman–Crippen MR) is 117 cm³/mol. The van der Waals surface area contributed by atoms with E-state index in [0.717, 1.165) is 11.3 Å². The number of hydrogen-bond donors (Lipinski definition) is 2. The summed E-state index contributed by atoms with van der Waals surface area (Å²) in [6.45, 7) is 4.35. The fraction of sp³-hybridized carbons (Fsp3) is 0.333. The van der Waals surface area contributed by atoms with Crippen LogP contribution in [0.2, 0.25) is 0 Å². The Kier molecular flexibility index (Phi) is 6.96. The molecule has 2 aromatic heterocycles. The van der Waals surface area contributed by atoms with Crippen LogP contribution in [0, 0.1) is 0 Å². The summed E-state index contributed by atoms with van der Waals surface area (Å²) in [5.41, 5.74) is 0.771. The molecule has 0 bridgehead atoms. The normalized spacial score (nSPS) is 11.1. The van der Waals surface area contributed by atoms with Crippen molar-refractivity contribution in [3.8, 4) is 0 Å². The Bertz CT molecular complexity index is 1120. The highest BCUT2D eigenvalue weighted by Crippen LogP contribution is 2.29. The van der Waals surface area contributed by atoms with Crippen LogP contribution in [0.25, 0.3) is 10.9 Å². The van der Waals surface area contributed by atoms with Crippen molar-refractivity contribution in [2.75, 3.05) is 25.5 Å². The lowest BCUT2D eigenvalue weighted by Crippen LogP contribution is -2.31. The molecule has 0 fully saturated rings. The van der Waals surface area contributed by atoms with Crippen molar-refractivity contribution in [3.05, 3.63) is 57.0 Å². The standard InChI is InChI=1S/C21H24N4O4S/c1-4-13-10-15(21(28)29-5-2)20(30-13)24-18(26)12-25(3)11-17-22-16-9-7-6-8-14(16)19(27)23-17/h6-10H,4-5,11-12H2,1-3H3,(H,24,26)(H,22,23,27). The topological polar surface area (TPSA) is 104 Å². The lowest BCUT2D eigenvalue weighted by molar-refractivity contribution is -0.117. The Morgan fingerprint density at radius 2 is 2.03 bits per heavy atom. The van der Waals surface area contributed by atoms with Gasteiger partial charge in [0.2, 0.25) is 5.91 Å². The molecule has 2 heterocycles. The number of aromatic nitrogens is 2. The van der Waals surface area contributed by atoms with E-state index >= 15 is 0 Å². The minimum Gasteiger partial charge on any atom is -0.462 e. The summed E-state index contributed by atoms with van der Waals surface area (Å²) in [5.74, 6) is -0.240. The van der Waals surface area contributed by atoms with E-state index in [4.69, 9.17) is 4.74 Å². The maximum atomic E-state index is 12.5. The van der Waals surface area contributed by atoms with Gasteiger partial charge in [0.25, 0.3) is 5.56 Å². The minimum absolute atomic E-state index is 0.0676. The van der Waals surface area contributed by atoms with Gasteiger partial charge in [-0.3, -0.25) is 14.5 Å². The highest BCUT2D eigenvalue weighted by Gasteiger charge is 2.19. The van der Waals surface area contributed by atoms with Gasteiger partial charge < -0.3 is 15.0 Å². The number of amides is 1. The molecule has 8 nitrogen and oxygen atoms in total. The number of aryl methyl sites for hydroxylation is 1. The van der Waals surface area contributed by atoms with Crippen LogP contribution in [-0.4, -0.2) is 46.9 Å². The molecule has 30 heavy (non-hydrogen) atoms. The summed E-state index contributed by atoms with van der Waals surface area (Å²) in [5, 5.41) is 3.82. The number of ether oxygens (including phenoxy) is 1.